The summed E-state index contributed by atoms with van der Waals surface area (Å²) in [7, 11) is 0. The molecule has 4 rings (SSSR count). The van der Waals surface area contributed by atoms with E-state index < -0.39 is 0 Å². The summed E-state index contributed by atoms with van der Waals surface area (Å²) in [6, 6.07) is 2.00. The van der Waals surface area contributed by atoms with Gasteiger partial charge in [0.1, 0.15) is 0 Å². The molecule has 1 amide bonds. The maximum absolute atomic E-state index is 12.6. The molecule has 0 radical (unpaired) electrons. The molecule has 1 saturated carbocycles. The van der Waals surface area contributed by atoms with Crippen LogP contribution in [0.2, 0.25) is 0 Å². The zero-order valence-electron chi connectivity index (χ0n) is 15.2. The second-order valence-corrected chi connectivity index (χ2v) is 8.55. The van der Waals surface area contributed by atoms with Crippen molar-refractivity contribution in [3.05, 3.63) is 22.7 Å². The zero-order valence-corrected chi connectivity index (χ0v) is 16.0. The lowest BCUT2D eigenvalue weighted by Gasteiger charge is -2.32. The van der Waals surface area contributed by atoms with E-state index in [4.69, 9.17) is 4.52 Å². The molecule has 5 nitrogen and oxygen atoms in total. The molecular formula is C20H27N3O2S. The molecule has 2 fully saturated rings. The fourth-order valence-corrected chi connectivity index (χ4v) is 4.97. The number of amides is 1. The highest BCUT2D eigenvalue weighted by molar-refractivity contribution is 7.08. The van der Waals surface area contributed by atoms with E-state index in [9.17, 15) is 4.79 Å². The third-order valence-electron chi connectivity index (χ3n) is 5.82. The van der Waals surface area contributed by atoms with Gasteiger partial charge in [0.2, 0.25) is 17.6 Å². The number of aromatic nitrogens is 2. The first-order valence-corrected chi connectivity index (χ1v) is 10.8. The second-order valence-electron chi connectivity index (χ2n) is 7.77. The molecule has 0 aromatic carbocycles. The molecule has 0 spiro atoms. The minimum absolute atomic E-state index is 0.339. The first-order chi connectivity index (χ1) is 12.8. The summed E-state index contributed by atoms with van der Waals surface area (Å²) < 4.78 is 5.44. The minimum atomic E-state index is 0.339. The Balaban J connectivity index is 1.28. The van der Waals surface area contributed by atoms with Crippen molar-refractivity contribution >= 4 is 17.2 Å². The molecule has 2 aromatic heterocycles. The highest BCUT2D eigenvalue weighted by Crippen LogP contribution is 2.29. The Labute approximate surface area is 158 Å². The van der Waals surface area contributed by atoms with Crippen LogP contribution in [0.15, 0.2) is 21.3 Å². The molecule has 0 bridgehead atoms. The number of rotatable bonds is 6. The van der Waals surface area contributed by atoms with Gasteiger partial charge in [0.25, 0.3) is 0 Å². The van der Waals surface area contributed by atoms with E-state index in [1.165, 1.54) is 25.7 Å². The number of piperidine rings is 1. The zero-order chi connectivity index (χ0) is 17.8. The summed E-state index contributed by atoms with van der Waals surface area (Å²) in [5.41, 5.74) is 1.01. The van der Waals surface area contributed by atoms with Gasteiger partial charge in [-0.25, -0.2) is 0 Å². The van der Waals surface area contributed by atoms with E-state index in [0.29, 0.717) is 23.5 Å². The molecule has 1 unspecified atom stereocenters. The van der Waals surface area contributed by atoms with Crippen LogP contribution in [-0.2, 0) is 11.2 Å². The standard InChI is InChI=1S/C20H27N3O2S/c24-19(8-7-15-4-1-2-5-15)23-10-3-6-16(13-23)12-18-21-20(22-25-18)17-9-11-26-14-17/h9,11,14-16H,1-8,10,12-13H2. The first-order valence-electron chi connectivity index (χ1n) is 9.91. The highest BCUT2D eigenvalue weighted by Gasteiger charge is 2.26. The average molecular weight is 374 g/mol. The van der Waals surface area contributed by atoms with Crippen molar-refractivity contribution in [2.45, 2.75) is 57.8 Å². The molecule has 2 aromatic rings. The Kier molecular flexibility index (Phi) is 5.68. The summed E-state index contributed by atoms with van der Waals surface area (Å²) in [5.74, 6) is 2.91. The van der Waals surface area contributed by atoms with Crippen LogP contribution < -0.4 is 0 Å². The number of likely N-dealkylation sites (tertiary alicyclic amines) is 1. The first kappa shape index (κ1) is 17.7. The van der Waals surface area contributed by atoms with Gasteiger partial charge in [-0.2, -0.15) is 16.3 Å². The van der Waals surface area contributed by atoms with Gasteiger partial charge >= 0.3 is 0 Å². The third-order valence-corrected chi connectivity index (χ3v) is 6.51. The molecule has 3 heterocycles. The van der Waals surface area contributed by atoms with Gasteiger partial charge < -0.3 is 9.42 Å². The van der Waals surface area contributed by atoms with Crippen LogP contribution in [-0.4, -0.2) is 34.0 Å². The van der Waals surface area contributed by atoms with Crippen molar-refractivity contribution < 1.29 is 9.32 Å². The van der Waals surface area contributed by atoms with Crippen LogP contribution in [0.4, 0.5) is 0 Å². The second kappa shape index (κ2) is 8.33. The predicted molar refractivity (Wildman–Crippen MR) is 102 cm³/mol. The third kappa shape index (κ3) is 4.34. The van der Waals surface area contributed by atoms with Gasteiger partial charge in [-0.1, -0.05) is 30.8 Å². The monoisotopic (exact) mass is 373 g/mol. The van der Waals surface area contributed by atoms with Crippen LogP contribution in [0.25, 0.3) is 11.4 Å². The quantitative estimate of drug-likeness (QED) is 0.745. The Morgan fingerprint density at radius 3 is 2.88 bits per heavy atom. The van der Waals surface area contributed by atoms with Crippen LogP contribution >= 0.6 is 11.3 Å². The van der Waals surface area contributed by atoms with Gasteiger partial charge in [-0.3, -0.25) is 4.79 Å². The maximum Gasteiger partial charge on any atom is 0.227 e. The lowest BCUT2D eigenvalue weighted by molar-refractivity contribution is -0.133. The van der Waals surface area contributed by atoms with Crippen LogP contribution in [0.5, 0.6) is 0 Å². The van der Waals surface area contributed by atoms with E-state index in [1.54, 1.807) is 11.3 Å². The molecule has 140 valence electrons. The van der Waals surface area contributed by atoms with Crippen molar-refractivity contribution in [3.63, 3.8) is 0 Å². The topological polar surface area (TPSA) is 59.2 Å². The number of carbonyl (C=O) groups excluding carboxylic acids is 1. The molecule has 2 aliphatic rings. The predicted octanol–water partition coefficient (Wildman–Crippen LogP) is 4.55. The Morgan fingerprint density at radius 1 is 1.23 bits per heavy atom. The maximum atomic E-state index is 12.6. The van der Waals surface area contributed by atoms with Crippen molar-refractivity contribution in [3.8, 4) is 11.4 Å². The lowest BCUT2D eigenvalue weighted by Crippen LogP contribution is -2.40. The number of nitrogens with zero attached hydrogens (tertiary/aromatic N) is 3. The fraction of sp³-hybridized carbons (Fsp3) is 0.650. The van der Waals surface area contributed by atoms with Crippen LogP contribution in [0.1, 0.15) is 57.3 Å². The number of carbonyl (C=O) groups is 1. The Bertz CT molecular complexity index is 706. The molecule has 1 atom stereocenters. The largest absolute Gasteiger partial charge is 0.342 e. The summed E-state index contributed by atoms with van der Waals surface area (Å²) >= 11 is 1.63. The average Bonchev–Trinajstić information content (AvgIpc) is 3.41. The molecule has 1 aliphatic heterocycles. The normalized spacial score (nSPS) is 21.4. The smallest absolute Gasteiger partial charge is 0.227 e. The number of thiophene rings is 1. The lowest BCUT2D eigenvalue weighted by atomic mass is 9.94. The van der Waals surface area contributed by atoms with Gasteiger partial charge in [0.15, 0.2) is 0 Å². The summed E-state index contributed by atoms with van der Waals surface area (Å²) in [6.45, 7) is 1.74. The van der Waals surface area contributed by atoms with Gasteiger partial charge in [0.05, 0.1) is 0 Å². The van der Waals surface area contributed by atoms with Crippen molar-refractivity contribution in [2.24, 2.45) is 11.8 Å². The van der Waals surface area contributed by atoms with Crippen molar-refractivity contribution in [2.75, 3.05) is 13.1 Å². The summed E-state index contributed by atoms with van der Waals surface area (Å²) in [4.78, 5) is 19.2. The molecule has 26 heavy (non-hydrogen) atoms. The molecule has 6 heteroatoms. The number of hydrogen-bond donors (Lipinski definition) is 0. The van der Waals surface area contributed by atoms with E-state index in [-0.39, 0.29) is 0 Å². The molecule has 1 aliphatic carbocycles. The SMILES string of the molecule is O=C(CCC1CCCC1)N1CCCC(Cc2nc(-c3ccsc3)no2)C1. The molecular weight excluding hydrogens is 346 g/mol. The minimum Gasteiger partial charge on any atom is -0.342 e. The Morgan fingerprint density at radius 2 is 2.08 bits per heavy atom. The van der Waals surface area contributed by atoms with Gasteiger partial charge in [-0.15, -0.1) is 0 Å². The van der Waals surface area contributed by atoms with E-state index in [1.807, 2.05) is 16.8 Å². The summed E-state index contributed by atoms with van der Waals surface area (Å²) in [6.07, 6.45) is 10.1. The number of hydrogen-bond acceptors (Lipinski definition) is 5. The van der Waals surface area contributed by atoms with Crippen LogP contribution in [0, 0.1) is 11.8 Å². The summed E-state index contributed by atoms with van der Waals surface area (Å²) in [5, 5.41) is 8.14. The van der Waals surface area contributed by atoms with E-state index in [2.05, 4.69) is 15.0 Å². The fourth-order valence-electron chi connectivity index (χ4n) is 4.34. The molecule has 0 N–H and O–H groups in total. The Hall–Kier alpha value is -1.69. The van der Waals surface area contributed by atoms with Crippen molar-refractivity contribution in [1.29, 1.82) is 0 Å². The molecule has 1 saturated heterocycles. The van der Waals surface area contributed by atoms with Gasteiger partial charge in [0, 0.05) is 36.9 Å². The van der Waals surface area contributed by atoms with E-state index in [0.717, 1.165) is 56.7 Å². The van der Waals surface area contributed by atoms with Crippen LogP contribution in [0.3, 0.4) is 0 Å². The highest BCUT2D eigenvalue weighted by atomic mass is 32.1. The van der Waals surface area contributed by atoms with Crippen molar-refractivity contribution in [1.82, 2.24) is 15.0 Å². The van der Waals surface area contributed by atoms with E-state index >= 15 is 0 Å². The van der Waals surface area contributed by atoms with Gasteiger partial charge in [-0.05, 0) is 42.5 Å².